The number of aliphatic hydroxyl groups is 1. The average molecular weight is 221 g/mol. The number of anilines is 2. The quantitative estimate of drug-likeness (QED) is 0.725. The van der Waals surface area contributed by atoms with E-state index in [4.69, 9.17) is 5.73 Å². The Hall–Kier alpha value is -1.29. The van der Waals surface area contributed by atoms with E-state index < -0.39 is 0 Å². The molecule has 0 bridgehead atoms. The fraction of sp³-hybridized carbons (Fsp3) is 0.583. The normalized spacial score (nSPS) is 25.3. The van der Waals surface area contributed by atoms with Crippen molar-refractivity contribution in [2.24, 2.45) is 5.92 Å². The highest BCUT2D eigenvalue weighted by molar-refractivity contribution is 5.45. The van der Waals surface area contributed by atoms with E-state index in [2.05, 4.69) is 10.3 Å². The Balaban J connectivity index is 1.84. The van der Waals surface area contributed by atoms with Gasteiger partial charge in [-0.2, -0.15) is 0 Å². The van der Waals surface area contributed by atoms with Crippen LogP contribution in [0.25, 0.3) is 0 Å². The lowest BCUT2D eigenvalue weighted by Crippen LogP contribution is -2.30. The minimum atomic E-state index is -0.150. The Morgan fingerprint density at radius 1 is 1.38 bits per heavy atom. The molecule has 0 radical (unpaired) electrons. The van der Waals surface area contributed by atoms with Gasteiger partial charge in [0.05, 0.1) is 18.0 Å². The lowest BCUT2D eigenvalue weighted by atomic mass is 9.86. The molecule has 1 saturated carbocycles. The number of nitrogens with one attached hydrogen (secondary N) is 1. The Morgan fingerprint density at radius 2 is 2.19 bits per heavy atom. The van der Waals surface area contributed by atoms with Crippen molar-refractivity contribution >= 4 is 11.5 Å². The van der Waals surface area contributed by atoms with Crippen molar-refractivity contribution in [2.75, 3.05) is 17.6 Å². The molecule has 4 nitrogen and oxygen atoms in total. The van der Waals surface area contributed by atoms with Crippen LogP contribution < -0.4 is 11.1 Å². The van der Waals surface area contributed by atoms with Crippen LogP contribution in [-0.2, 0) is 0 Å². The maximum absolute atomic E-state index is 9.82. The molecular weight excluding hydrogens is 202 g/mol. The summed E-state index contributed by atoms with van der Waals surface area (Å²) in [5, 5.41) is 13.1. The Kier molecular flexibility index (Phi) is 3.62. The highest BCUT2D eigenvalue weighted by atomic mass is 16.3. The molecule has 0 amide bonds. The van der Waals surface area contributed by atoms with E-state index in [1.54, 1.807) is 12.3 Å². The zero-order chi connectivity index (χ0) is 11.4. The predicted molar refractivity (Wildman–Crippen MR) is 65.1 cm³/mol. The molecular formula is C12H19N3O. The lowest BCUT2D eigenvalue weighted by Gasteiger charge is -2.27. The SMILES string of the molecule is Nc1ccc(NCC2CCCCC2O)cn1. The summed E-state index contributed by atoms with van der Waals surface area (Å²) < 4.78 is 0. The molecule has 1 heterocycles. The summed E-state index contributed by atoms with van der Waals surface area (Å²) in [6, 6.07) is 3.69. The molecule has 88 valence electrons. The first kappa shape index (κ1) is 11.2. The summed E-state index contributed by atoms with van der Waals surface area (Å²) in [7, 11) is 0. The van der Waals surface area contributed by atoms with Crippen LogP contribution in [0.15, 0.2) is 18.3 Å². The van der Waals surface area contributed by atoms with Gasteiger partial charge in [-0.05, 0) is 25.0 Å². The van der Waals surface area contributed by atoms with Crippen LogP contribution >= 0.6 is 0 Å². The van der Waals surface area contributed by atoms with Gasteiger partial charge in [0.1, 0.15) is 5.82 Å². The van der Waals surface area contributed by atoms with Crippen LogP contribution in [0.2, 0.25) is 0 Å². The summed E-state index contributed by atoms with van der Waals surface area (Å²) in [4.78, 5) is 4.01. The molecule has 0 saturated heterocycles. The second kappa shape index (κ2) is 5.16. The van der Waals surface area contributed by atoms with Crippen molar-refractivity contribution in [3.8, 4) is 0 Å². The first-order valence-electron chi connectivity index (χ1n) is 5.89. The fourth-order valence-corrected chi connectivity index (χ4v) is 2.19. The van der Waals surface area contributed by atoms with Crippen molar-refractivity contribution in [3.05, 3.63) is 18.3 Å². The van der Waals surface area contributed by atoms with Crippen LogP contribution in [0.5, 0.6) is 0 Å². The van der Waals surface area contributed by atoms with Crippen LogP contribution in [0.3, 0.4) is 0 Å². The molecule has 2 unspecified atom stereocenters. The van der Waals surface area contributed by atoms with E-state index in [-0.39, 0.29) is 6.10 Å². The summed E-state index contributed by atoms with van der Waals surface area (Å²) >= 11 is 0. The second-order valence-electron chi connectivity index (χ2n) is 4.46. The van der Waals surface area contributed by atoms with Gasteiger partial charge >= 0.3 is 0 Å². The number of rotatable bonds is 3. The molecule has 1 fully saturated rings. The number of aromatic nitrogens is 1. The van der Waals surface area contributed by atoms with Gasteiger partial charge < -0.3 is 16.2 Å². The molecule has 1 aromatic rings. The van der Waals surface area contributed by atoms with Crippen LogP contribution in [0.1, 0.15) is 25.7 Å². The van der Waals surface area contributed by atoms with Crippen LogP contribution in [0, 0.1) is 5.92 Å². The number of nitrogen functional groups attached to an aromatic ring is 1. The first-order valence-corrected chi connectivity index (χ1v) is 5.89. The van der Waals surface area contributed by atoms with Crippen molar-refractivity contribution in [1.29, 1.82) is 0 Å². The van der Waals surface area contributed by atoms with Crippen molar-refractivity contribution in [2.45, 2.75) is 31.8 Å². The van der Waals surface area contributed by atoms with Gasteiger partial charge in [0, 0.05) is 12.5 Å². The van der Waals surface area contributed by atoms with E-state index in [0.29, 0.717) is 11.7 Å². The third-order valence-electron chi connectivity index (χ3n) is 3.22. The number of hydrogen-bond acceptors (Lipinski definition) is 4. The maximum Gasteiger partial charge on any atom is 0.123 e. The number of pyridine rings is 1. The van der Waals surface area contributed by atoms with E-state index >= 15 is 0 Å². The predicted octanol–water partition coefficient (Wildman–Crippen LogP) is 1.63. The minimum absolute atomic E-state index is 0.150. The van der Waals surface area contributed by atoms with E-state index in [1.807, 2.05) is 6.07 Å². The largest absolute Gasteiger partial charge is 0.393 e. The van der Waals surface area contributed by atoms with Crippen molar-refractivity contribution < 1.29 is 5.11 Å². The van der Waals surface area contributed by atoms with E-state index in [9.17, 15) is 5.11 Å². The Bertz CT molecular complexity index is 326. The number of nitrogens with zero attached hydrogens (tertiary/aromatic N) is 1. The van der Waals surface area contributed by atoms with Gasteiger partial charge in [-0.1, -0.05) is 12.8 Å². The van der Waals surface area contributed by atoms with Crippen molar-refractivity contribution in [1.82, 2.24) is 4.98 Å². The third kappa shape index (κ3) is 2.85. The van der Waals surface area contributed by atoms with Gasteiger partial charge in [0.15, 0.2) is 0 Å². The summed E-state index contributed by atoms with van der Waals surface area (Å²) in [6.07, 6.45) is 6.00. The minimum Gasteiger partial charge on any atom is -0.393 e. The van der Waals surface area contributed by atoms with Crippen LogP contribution in [-0.4, -0.2) is 22.7 Å². The molecule has 4 heteroatoms. The molecule has 1 aliphatic rings. The van der Waals surface area contributed by atoms with Gasteiger partial charge in [-0.15, -0.1) is 0 Å². The Morgan fingerprint density at radius 3 is 2.88 bits per heavy atom. The molecule has 1 aliphatic carbocycles. The third-order valence-corrected chi connectivity index (χ3v) is 3.22. The highest BCUT2D eigenvalue weighted by Crippen LogP contribution is 2.24. The zero-order valence-corrected chi connectivity index (χ0v) is 9.39. The lowest BCUT2D eigenvalue weighted by molar-refractivity contribution is 0.0763. The van der Waals surface area contributed by atoms with Gasteiger partial charge in [-0.3, -0.25) is 0 Å². The Labute approximate surface area is 95.9 Å². The molecule has 16 heavy (non-hydrogen) atoms. The van der Waals surface area contributed by atoms with Crippen molar-refractivity contribution in [3.63, 3.8) is 0 Å². The average Bonchev–Trinajstić information content (AvgIpc) is 2.30. The number of hydrogen-bond donors (Lipinski definition) is 3. The van der Waals surface area contributed by atoms with Gasteiger partial charge in [0.2, 0.25) is 0 Å². The van der Waals surface area contributed by atoms with Gasteiger partial charge in [0.25, 0.3) is 0 Å². The molecule has 0 spiro atoms. The maximum atomic E-state index is 9.82. The summed E-state index contributed by atoms with van der Waals surface area (Å²) in [6.45, 7) is 0.812. The number of nitrogens with two attached hydrogens (primary N) is 1. The summed E-state index contributed by atoms with van der Waals surface area (Å²) in [5.41, 5.74) is 6.47. The van der Waals surface area contributed by atoms with Crippen LogP contribution in [0.4, 0.5) is 11.5 Å². The standard InChI is InChI=1S/C12H19N3O/c13-12-6-5-10(8-15-12)14-7-9-3-1-2-4-11(9)16/h5-6,8-9,11,14,16H,1-4,7H2,(H2,13,15). The van der Waals surface area contributed by atoms with E-state index in [1.165, 1.54) is 6.42 Å². The molecule has 4 N–H and O–H groups in total. The molecule has 2 atom stereocenters. The molecule has 1 aromatic heterocycles. The monoisotopic (exact) mass is 221 g/mol. The molecule has 0 aliphatic heterocycles. The molecule has 0 aromatic carbocycles. The highest BCUT2D eigenvalue weighted by Gasteiger charge is 2.22. The zero-order valence-electron chi connectivity index (χ0n) is 9.39. The van der Waals surface area contributed by atoms with E-state index in [0.717, 1.165) is 31.5 Å². The summed E-state index contributed by atoms with van der Waals surface area (Å²) in [5.74, 6) is 0.898. The number of aliphatic hydroxyl groups excluding tert-OH is 1. The topological polar surface area (TPSA) is 71.2 Å². The second-order valence-corrected chi connectivity index (χ2v) is 4.46. The fourth-order valence-electron chi connectivity index (χ4n) is 2.19. The smallest absolute Gasteiger partial charge is 0.123 e. The molecule has 2 rings (SSSR count). The first-order chi connectivity index (χ1) is 7.75. The van der Waals surface area contributed by atoms with Gasteiger partial charge in [-0.25, -0.2) is 4.98 Å².